The average molecular weight is 382 g/mol. The molecule has 6 nitrogen and oxygen atoms in total. The highest BCUT2D eigenvalue weighted by molar-refractivity contribution is 6.42. The number of carbonyl (C=O) groups excluding carboxylic acids is 1. The molecule has 1 aromatic heterocycles. The highest BCUT2D eigenvalue weighted by atomic mass is 35.5. The zero-order valence-electron chi connectivity index (χ0n) is 13.3. The van der Waals surface area contributed by atoms with Crippen LogP contribution in [0.3, 0.4) is 0 Å². The van der Waals surface area contributed by atoms with Crippen molar-refractivity contribution in [2.45, 2.75) is 31.3 Å². The van der Waals surface area contributed by atoms with Crippen molar-refractivity contribution in [3.8, 4) is 0 Å². The highest BCUT2D eigenvalue weighted by Gasteiger charge is 2.27. The molecular weight excluding hydrogens is 365 g/mol. The Morgan fingerprint density at radius 1 is 1.32 bits per heavy atom. The van der Waals surface area contributed by atoms with Crippen LogP contribution in [0.25, 0.3) is 0 Å². The first-order valence-corrected chi connectivity index (χ1v) is 8.72. The van der Waals surface area contributed by atoms with Gasteiger partial charge in [0.15, 0.2) is 0 Å². The number of aromatic amines is 1. The van der Waals surface area contributed by atoms with Crippen molar-refractivity contribution < 1.29 is 9.90 Å². The van der Waals surface area contributed by atoms with Gasteiger partial charge in [0, 0.05) is 18.5 Å². The van der Waals surface area contributed by atoms with Crippen molar-refractivity contribution in [1.29, 1.82) is 0 Å². The Balaban J connectivity index is 1.57. The summed E-state index contributed by atoms with van der Waals surface area (Å²) in [6, 6.07) is 6.06. The first kappa shape index (κ1) is 17.9. The number of hydrogen-bond acceptors (Lipinski definition) is 4. The zero-order chi connectivity index (χ0) is 18.0. The van der Waals surface area contributed by atoms with Crippen molar-refractivity contribution >= 4 is 29.1 Å². The van der Waals surface area contributed by atoms with Crippen molar-refractivity contribution in [3.63, 3.8) is 0 Å². The summed E-state index contributed by atoms with van der Waals surface area (Å²) in [4.78, 5) is 30.7. The summed E-state index contributed by atoms with van der Waals surface area (Å²) in [7, 11) is 0. The summed E-state index contributed by atoms with van der Waals surface area (Å²) in [5, 5.41) is 13.6. The SMILES string of the molecule is O=C(NCCC(O)c1ccc(Cl)c(Cl)c1)c1cc(=O)[nH]c(C2CC2)n1. The lowest BCUT2D eigenvalue weighted by atomic mass is 10.1. The molecule has 0 spiro atoms. The number of H-pyrrole nitrogens is 1. The van der Waals surface area contributed by atoms with Crippen molar-refractivity contribution in [2.24, 2.45) is 0 Å². The van der Waals surface area contributed by atoms with E-state index in [2.05, 4.69) is 15.3 Å². The third-order valence-corrected chi connectivity index (χ3v) is 4.73. The fraction of sp³-hybridized carbons (Fsp3) is 0.353. The van der Waals surface area contributed by atoms with Crippen LogP contribution in [0.15, 0.2) is 29.1 Å². The Bertz CT molecular complexity index is 849. The largest absolute Gasteiger partial charge is 0.388 e. The van der Waals surface area contributed by atoms with Crippen LogP contribution in [0, 0.1) is 0 Å². The molecule has 3 rings (SSSR count). The Morgan fingerprint density at radius 3 is 2.76 bits per heavy atom. The molecule has 1 aliphatic rings. The van der Waals surface area contributed by atoms with E-state index in [0.29, 0.717) is 27.9 Å². The number of benzene rings is 1. The lowest BCUT2D eigenvalue weighted by Gasteiger charge is -2.12. The minimum Gasteiger partial charge on any atom is -0.388 e. The maximum atomic E-state index is 12.2. The number of aliphatic hydroxyl groups excluding tert-OH is 1. The molecule has 0 radical (unpaired) electrons. The van der Waals surface area contributed by atoms with Gasteiger partial charge in [-0.25, -0.2) is 4.98 Å². The predicted octanol–water partition coefficient (Wildman–Crippen LogP) is 2.81. The number of carbonyl (C=O) groups is 1. The molecule has 8 heteroatoms. The molecule has 132 valence electrons. The van der Waals surface area contributed by atoms with E-state index in [1.165, 1.54) is 6.07 Å². The number of nitrogens with one attached hydrogen (secondary N) is 2. The van der Waals surface area contributed by atoms with Crippen molar-refractivity contribution in [1.82, 2.24) is 15.3 Å². The minimum atomic E-state index is -0.788. The summed E-state index contributed by atoms with van der Waals surface area (Å²) in [6.45, 7) is 0.230. The molecular formula is C17H17Cl2N3O3. The van der Waals surface area contributed by atoms with Gasteiger partial charge in [0.2, 0.25) is 0 Å². The smallest absolute Gasteiger partial charge is 0.270 e. The van der Waals surface area contributed by atoms with E-state index in [-0.39, 0.29) is 23.7 Å². The number of amides is 1. The minimum absolute atomic E-state index is 0.0923. The molecule has 1 saturated carbocycles. The molecule has 2 aromatic rings. The number of nitrogens with zero attached hydrogens (tertiary/aromatic N) is 1. The van der Waals surface area contributed by atoms with Crippen molar-refractivity contribution in [3.05, 3.63) is 61.7 Å². The Hall–Kier alpha value is -1.89. The van der Waals surface area contributed by atoms with Gasteiger partial charge in [-0.2, -0.15) is 0 Å². The Labute approximate surface area is 154 Å². The molecule has 0 saturated heterocycles. The second-order valence-electron chi connectivity index (χ2n) is 6.02. The van der Waals surface area contributed by atoms with Crippen LogP contribution in [0.1, 0.15) is 53.2 Å². The second-order valence-corrected chi connectivity index (χ2v) is 6.84. The molecule has 1 fully saturated rings. The summed E-state index contributed by atoms with van der Waals surface area (Å²) in [6.07, 6.45) is 1.46. The first-order chi connectivity index (χ1) is 11.9. The van der Waals surface area contributed by atoms with Crippen LogP contribution >= 0.6 is 23.2 Å². The lowest BCUT2D eigenvalue weighted by molar-refractivity contribution is 0.0937. The number of halogens is 2. The number of aliphatic hydroxyl groups is 1. The standard InChI is InChI=1S/C17H17Cl2N3O3/c18-11-4-3-10(7-12(11)19)14(23)5-6-20-17(25)13-8-15(24)22-16(21-13)9-1-2-9/h3-4,7-9,14,23H,1-2,5-6H2,(H,20,25)(H,21,22,24). The highest BCUT2D eigenvalue weighted by Crippen LogP contribution is 2.37. The van der Waals surface area contributed by atoms with Crippen LogP contribution in [0.4, 0.5) is 0 Å². The lowest BCUT2D eigenvalue weighted by Crippen LogP contribution is -2.28. The van der Waals surface area contributed by atoms with Crippen molar-refractivity contribution in [2.75, 3.05) is 6.54 Å². The summed E-state index contributed by atoms with van der Waals surface area (Å²) >= 11 is 11.8. The van der Waals surface area contributed by atoms with Crippen LogP contribution in [-0.4, -0.2) is 27.5 Å². The van der Waals surface area contributed by atoms with E-state index in [1.807, 2.05) is 0 Å². The van der Waals surface area contributed by atoms with E-state index >= 15 is 0 Å². The third-order valence-electron chi connectivity index (χ3n) is 3.99. The van der Waals surface area contributed by atoms with E-state index in [9.17, 15) is 14.7 Å². The maximum absolute atomic E-state index is 12.2. The van der Waals surface area contributed by atoms with Gasteiger partial charge >= 0.3 is 0 Å². The molecule has 0 bridgehead atoms. The van der Waals surface area contributed by atoms with Gasteiger partial charge in [0.05, 0.1) is 16.1 Å². The van der Waals surface area contributed by atoms with Gasteiger partial charge in [0.1, 0.15) is 11.5 Å². The molecule has 1 aliphatic carbocycles. The van der Waals surface area contributed by atoms with E-state index in [4.69, 9.17) is 23.2 Å². The van der Waals surface area contributed by atoms with Gasteiger partial charge in [-0.15, -0.1) is 0 Å². The summed E-state index contributed by atoms with van der Waals surface area (Å²) in [5.74, 6) is 0.375. The molecule has 1 aromatic carbocycles. The fourth-order valence-electron chi connectivity index (χ4n) is 2.44. The van der Waals surface area contributed by atoms with E-state index in [0.717, 1.165) is 12.8 Å². The summed E-state index contributed by atoms with van der Waals surface area (Å²) in [5.41, 5.74) is 0.376. The number of rotatable bonds is 6. The van der Waals surface area contributed by atoms with Gasteiger partial charge in [0.25, 0.3) is 11.5 Å². The molecule has 1 amide bonds. The Kier molecular flexibility index (Phi) is 5.42. The first-order valence-electron chi connectivity index (χ1n) is 7.96. The normalized spacial score (nSPS) is 15.0. The molecule has 1 unspecified atom stereocenters. The molecule has 1 atom stereocenters. The molecule has 0 aliphatic heterocycles. The monoisotopic (exact) mass is 381 g/mol. The van der Waals surface area contributed by atoms with Gasteiger partial charge in [-0.3, -0.25) is 9.59 Å². The second kappa shape index (κ2) is 7.56. The average Bonchev–Trinajstić information content (AvgIpc) is 3.41. The van der Waals surface area contributed by atoms with Crippen LogP contribution < -0.4 is 10.9 Å². The predicted molar refractivity (Wildman–Crippen MR) is 95.2 cm³/mol. The topological polar surface area (TPSA) is 95.1 Å². The van der Waals surface area contributed by atoms with Crippen LogP contribution in [0.2, 0.25) is 10.0 Å². The van der Waals surface area contributed by atoms with E-state index in [1.54, 1.807) is 18.2 Å². The number of aromatic nitrogens is 2. The molecule has 25 heavy (non-hydrogen) atoms. The van der Waals surface area contributed by atoms with Gasteiger partial charge < -0.3 is 15.4 Å². The third kappa shape index (κ3) is 4.60. The van der Waals surface area contributed by atoms with Crippen LogP contribution in [-0.2, 0) is 0 Å². The maximum Gasteiger partial charge on any atom is 0.270 e. The van der Waals surface area contributed by atoms with E-state index < -0.39 is 12.0 Å². The quantitative estimate of drug-likeness (QED) is 0.716. The van der Waals surface area contributed by atoms with Gasteiger partial charge in [-0.05, 0) is 37.0 Å². The molecule has 1 heterocycles. The zero-order valence-corrected chi connectivity index (χ0v) is 14.8. The fourth-order valence-corrected chi connectivity index (χ4v) is 2.75. The number of hydrogen-bond donors (Lipinski definition) is 3. The van der Waals surface area contributed by atoms with Gasteiger partial charge in [-0.1, -0.05) is 29.3 Å². The summed E-state index contributed by atoms with van der Waals surface area (Å²) < 4.78 is 0. The Morgan fingerprint density at radius 2 is 2.08 bits per heavy atom. The van der Waals surface area contributed by atoms with Crippen LogP contribution in [0.5, 0.6) is 0 Å². The molecule has 3 N–H and O–H groups in total.